The molecule has 0 spiro atoms. The smallest absolute Gasteiger partial charge is 0.320 e. The number of hydrogen-bond acceptors (Lipinski definition) is 3. The summed E-state index contributed by atoms with van der Waals surface area (Å²) in [6.07, 6.45) is -0.133. The van der Waals surface area contributed by atoms with Gasteiger partial charge in [0.15, 0.2) is 5.78 Å². The summed E-state index contributed by atoms with van der Waals surface area (Å²) in [5, 5.41) is 8.46. The maximum atomic E-state index is 11.3. The predicted molar refractivity (Wildman–Crippen MR) is 49.3 cm³/mol. The molecule has 4 nitrogen and oxygen atoms in total. The van der Waals surface area contributed by atoms with Crippen molar-refractivity contribution in [1.82, 2.24) is 0 Å². The molecule has 0 aromatic rings. The minimum absolute atomic E-state index is 0.133. The highest BCUT2D eigenvalue weighted by Gasteiger charge is 2.17. The fraction of sp³-hybridized carbons (Fsp3) is 0.556. The summed E-state index contributed by atoms with van der Waals surface area (Å²) in [5.74, 6) is -1.34. The molecule has 1 unspecified atom stereocenters. The second-order valence-electron chi connectivity index (χ2n) is 3.20. The number of rotatable bonds is 4. The fourth-order valence-electron chi connectivity index (χ4n) is 0.719. The zero-order valence-corrected chi connectivity index (χ0v) is 8.13. The van der Waals surface area contributed by atoms with Crippen LogP contribution in [0, 0.1) is 0 Å². The third kappa shape index (κ3) is 3.85. The molecule has 1 atom stereocenters. The molecular weight excluding hydrogens is 170 g/mol. The first-order valence-electron chi connectivity index (χ1n) is 4.02. The van der Waals surface area contributed by atoms with Crippen LogP contribution in [0.1, 0.15) is 27.2 Å². The lowest BCUT2D eigenvalue weighted by Gasteiger charge is -2.06. The van der Waals surface area contributed by atoms with E-state index < -0.39 is 12.0 Å². The molecule has 74 valence electrons. The topological polar surface area (TPSA) is 80.4 Å². The first-order chi connectivity index (χ1) is 5.86. The van der Waals surface area contributed by atoms with Crippen LogP contribution in [0.3, 0.4) is 0 Å². The van der Waals surface area contributed by atoms with Gasteiger partial charge in [0.05, 0.1) is 0 Å². The average Bonchev–Trinajstić information content (AvgIpc) is 2.02. The van der Waals surface area contributed by atoms with E-state index in [2.05, 4.69) is 0 Å². The molecule has 0 bridgehead atoms. The molecular formula is C9H15NO3. The number of allylic oxidation sites excluding steroid dienone is 2. The van der Waals surface area contributed by atoms with Crippen LogP contribution >= 0.6 is 0 Å². The molecule has 0 heterocycles. The summed E-state index contributed by atoms with van der Waals surface area (Å²) in [6.45, 7) is 5.28. The van der Waals surface area contributed by atoms with Crippen LogP contribution in [0.2, 0.25) is 0 Å². The first-order valence-corrected chi connectivity index (χ1v) is 4.02. The highest BCUT2D eigenvalue weighted by molar-refractivity contribution is 5.98. The Balaban J connectivity index is 4.33. The molecule has 0 amide bonds. The van der Waals surface area contributed by atoms with Crippen molar-refractivity contribution in [3.05, 3.63) is 11.1 Å². The molecule has 0 aromatic heterocycles. The number of carboxylic acid groups (broad SMARTS) is 1. The van der Waals surface area contributed by atoms with E-state index in [-0.39, 0.29) is 12.2 Å². The van der Waals surface area contributed by atoms with E-state index in [0.717, 1.165) is 5.57 Å². The van der Waals surface area contributed by atoms with Crippen LogP contribution in [0.15, 0.2) is 11.1 Å². The van der Waals surface area contributed by atoms with E-state index in [4.69, 9.17) is 10.8 Å². The van der Waals surface area contributed by atoms with Crippen molar-refractivity contribution in [2.75, 3.05) is 0 Å². The Morgan fingerprint density at radius 2 is 1.77 bits per heavy atom. The average molecular weight is 185 g/mol. The van der Waals surface area contributed by atoms with Crippen LogP contribution in [-0.2, 0) is 9.59 Å². The number of Topliss-reactive ketones (excluding diaryl/α,β-unsaturated/α-hetero) is 1. The van der Waals surface area contributed by atoms with Crippen molar-refractivity contribution in [3.63, 3.8) is 0 Å². The second-order valence-corrected chi connectivity index (χ2v) is 3.20. The predicted octanol–water partition coefficient (Wildman–Crippen LogP) is 0.714. The maximum absolute atomic E-state index is 11.3. The first kappa shape index (κ1) is 11.8. The summed E-state index contributed by atoms with van der Waals surface area (Å²) in [6, 6.07) is -1.10. The van der Waals surface area contributed by atoms with Gasteiger partial charge in [0.1, 0.15) is 6.04 Å². The highest BCUT2D eigenvalue weighted by Crippen LogP contribution is 2.06. The van der Waals surface area contributed by atoms with Gasteiger partial charge in [0.2, 0.25) is 0 Å². The lowest BCUT2D eigenvalue weighted by atomic mass is 10.0. The van der Waals surface area contributed by atoms with Crippen molar-refractivity contribution in [1.29, 1.82) is 0 Å². The lowest BCUT2D eigenvalue weighted by molar-refractivity contribution is -0.139. The highest BCUT2D eigenvalue weighted by atomic mass is 16.4. The molecule has 13 heavy (non-hydrogen) atoms. The molecule has 0 aliphatic heterocycles. The van der Waals surface area contributed by atoms with Crippen LogP contribution in [0.25, 0.3) is 0 Å². The van der Waals surface area contributed by atoms with Gasteiger partial charge >= 0.3 is 5.97 Å². The molecule has 0 saturated heterocycles. The van der Waals surface area contributed by atoms with Gasteiger partial charge in [0.25, 0.3) is 0 Å². The molecule has 3 N–H and O–H groups in total. The molecule has 0 aliphatic carbocycles. The summed E-state index contributed by atoms with van der Waals surface area (Å²) in [4.78, 5) is 21.6. The van der Waals surface area contributed by atoms with Crippen LogP contribution in [0.4, 0.5) is 0 Å². The zero-order chi connectivity index (χ0) is 10.6. The molecule has 0 rings (SSSR count). The van der Waals surface area contributed by atoms with E-state index in [1.165, 1.54) is 0 Å². The Morgan fingerprint density at radius 3 is 2.08 bits per heavy atom. The van der Waals surface area contributed by atoms with Crippen LogP contribution in [-0.4, -0.2) is 22.9 Å². The van der Waals surface area contributed by atoms with E-state index in [0.29, 0.717) is 5.57 Å². The molecule has 4 heteroatoms. The number of carboxylic acids is 1. The Kier molecular flexibility index (Phi) is 4.34. The number of aliphatic carboxylic acids is 1. The van der Waals surface area contributed by atoms with Gasteiger partial charge in [-0.05, 0) is 26.3 Å². The van der Waals surface area contributed by atoms with Gasteiger partial charge < -0.3 is 10.8 Å². The fourth-order valence-corrected chi connectivity index (χ4v) is 0.719. The van der Waals surface area contributed by atoms with Crippen molar-refractivity contribution >= 4 is 11.8 Å². The number of hydrogen-bond donors (Lipinski definition) is 2. The summed E-state index contributed by atoms with van der Waals surface area (Å²) in [7, 11) is 0. The minimum Gasteiger partial charge on any atom is -0.480 e. The van der Waals surface area contributed by atoms with Gasteiger partial charge in [-0.15, -0.1) is 0 Å². The Labute approximate surface area is 77.4 Å². The Bertz CT molecular complexity index is 252. The monoisotopic (exact) mass is 185 g/mol. The van der Waals surface area contributed by atoms with Crippen molar-refractivity contribution in [3.8, 4) is 0 Å². The molecule has 0 radical (unpaired) electrons. The lowest BCUT2D eigenvalue weighted by Crippen LogP contribution is -2.32. The van der Waals surface area contributed by atoms with Gasteiger partial charge in [-0.25, -0.2) is 0 Å². The molecule has 0 aromatic carbocycles. The van der Waals surface area contributed by atoms with Crippen molar-refractivity contribution < 1.29 is 14.7 Å². The van der Waals surface area contributed by atoms with Crippen molar-refractivity contribution in [2.24, 2.45) is 5.73 Å². The van der Waals surface area contributed by atoms with E-state index in [1.54, 1.807) is 20.8 Å². The molecule has 0 aliphatic rings. The second kappa shape index (κ2) is 4.77. The Hall–Kier alpha value is -1.16. The number of ketones is 1. The normalized spacial score (nSPS) is 12.0. The number of nitrogens with two attached hydrogens (primary N) is 1. The van der Waals surface area contributed by atoms with Gasteiger partial charge in [-0.2, -0.15) is 0 Å². The van der Waals surface area contributed by atoms with Gasteiger partial charge in [0, 0.05) is 6.42 Å². The maximum Gasteiger partial charge on any atom is 0.320 e. The quantitative estimate of drug-likeness (QED) is 0.632. The summed E-state index contributed by atoms with van der Waals surface area (Å²) >= 11 is 0. The van der Waals surface area contributed by atoms with Gasteiger partial charge in [-0.3, -0.25) is 9.59 Å². The third-order valence-electron chi connectivity index (χ3n) is 1.89. The third-order valence-corrected chi connectivity index (χ3v) is 1.89. The summed E-state index contributed by atoms with van der Waals surface area (Å²) < 4.78 is 0. The summed E-state index contributed by atoms with van der Waals surface area (Å²) in [5.41, 5.74) is 6.70. The number of carbonyl (C=O) groups is 2. The van der Waals surface area contributed by atoms with Crippen LogP contribution < -0.4 is 5.73 Å². The molecule has 0 fully saturated rings. The molecule has 0 saturated carbocycles. The zero-order valence-electron chi connectivity index (χ0n) is 8.13. The standard InChI is InChI=1S/C9H15NO3/c1-5(2)6(3)8(11)4-7(10)9(12)13/h7H,4,10H2,1-3H3,(H,12,13). The van der Waals surface area contributed by atoms with Crippen molar-refractivity contribution in [2.45, 2.75) is 33.2 Å². The minimum atomic E-state index is -1.14. The SMILES string of the molecule is CC(C)=C(C)C(=O)CC(N)C(=O)O. The largest absolute Gasteiger partial charge is 0.480 e. The van der Waals surface area contributed by atoms with Gasteiger partial charge in [-0.1, -0.05) is 5.57 Å². The van der Waals surface area contributed by atoms with E-state index >= 15 is 0 Å². The number of carbonyl (C=O) groups excluding carboxylic acids is 1. The van der Waals surface area contributed by atoms with E-state index in [9.17, 15) is 9.59 Å². The van der Waals surface area contributed by atoms with E-state index in [1.807, 2.05) is 0 Å². The van der Waals surface area contributed by atoms with Crippen LogP contribution in [0.5, 0.6) is 0 Å². The Morgan fingerprint density at radius 1 is 1.31 bits per heavy atom.